The Morgan fingerprint density at radius 3 is 2.14 bits per heavy atom. The number of aromatic nitrogens is 2. The number of nitrogens with zero attached hydrogens (tertiary/aromatic N) is 2. The number of benzene rings is 6. The molecule has 0 spiro atoms. The topological polar surface area (TPSA) is 38.9 Å². The molecule has 7 heteroatoms. The smallest absolute Gasteiger partial charge is 0.416 e. The molecule has 0 aliphatic rings. The molecule has 1 radical (unpaired) electrons. The van der Waals surface area contributed by atoms with Crippen LogP contribution < -0.4 is 0 Å². The number of halogens is 3. The quantitative estimate of drug-likeness (QED) is 0.131. The van der Waals surface area contributed by atoms with Gasteiger partial charge >= 0.3 is 6.18 Å². The summed E-state index contributed by atoms with van der Waals surface area (Å²) in [5.41, 5.74) is 2.48. The Labute approximate surface area is 356 Å². The molecule has 0 saturated carbocycles. The van der Waals surface area contributed by atoms with Crippen LogP contribution in [0.5, 0.6) is 0 Å². The fraction of sp³-hybridized carbons (Fsp3) is 0.160. The van der Waals surface area contributed by atoms with Crippen molar-refractivity contribution in [2.24, 2.45) is 0 Å². The second kappa shape index (κ2) is 15.4. The summed E-state index contributed by atoms with van der Waals surface area (Å²) in [6.45, 7) is -1.38. The molecule has 9 aromatic rings. The Morgan fingerprint density at radius 2 is 1.42 bits per heavy atom. The Bertz CT molecular complexity index is 3190. The second-order valence-electron chi connectivity index (χ2n) is 14.6. The van der Waals surface area contributed by atoms with Gasteiger partial charge in [-0.05, 0) is 104 Å². The van der Waals surface area contributed by atoms with E-state index in [4.69, 9.17) is 16.8 Å². The van der Waals surface area contributed by atoms with Crippen LogP contribution in [0.3, 0.4) is 0 Å². The molecule has 0 saturated heterocycles. The molecule has 6 aromatic carbocycles. The molecule has 0 atom stereocenters. The summed E-state index contributed by atoms with van der Waals surface area (Å²) >= 11 is 0. The Morgan fingerprint density at radius 1 is 0.632 bits per heavy atom. The van der Waals surface area contributed by atoms with Crippen molar-refractivity contribution in [2.75, 3.05) is 0 Å². The van der Waals surface area contributed by atoms with E-state index in [-0.39, 0.29) is 47.9 Å². The normalized spacial score (nSPS) is 14.8. The molecule has 9 rings (SSSR count). The number of alkyl halides is 3. The fourth-order valence-corrected chi connectivity index (χ4v) is 6.78. The van der Waals surface area contributed by atoms with Crippen LogP contribution in [0.15, 0.2) is 132 Å². The van der Waals surface area contributed by atoms with E-state index in [2.05, 4.69) is 48.9 Å². The first-order valence-corrected chi connectivity index (χ1v) is 17.8. The second-order valence-corrected chi connectivity index (χ2v) is 14.6. The standard InChI is InChI=1S/C34H21F3NO.C16H18N.Ir/c1-19-14-23(34(35,36)37)12-13-24(19)28-16-31(38-18-20(28)2)27-9-5-8-26-30-15-22-11-10-21-6-3-4-7-25(21)29(22)17-32(30)39-33(26)27;1-12-5-7-13(8-6-12)15-10-9-14(11-17-15)16(2,3)4;/h3-8,10-18H,1-2H3;5-7,9-11H,1-4H3;/q2*-1;/i1D3,2D3;1D3;. The molecular formula is C50H39F3IrN2O-2. The van der Waals surface area contributed by atoms with Crippen molar-refractivity contribution in [3.05, 3.63) is 168 Å². The first-order valence-electron chi connectivity index (χ1n) is 22.3. The van der Waals surface area contributed by atoms with Gasteiger partial charge in [0, 0.05) is 50.2 Å². The van der Waals surface area contributed by atoms with E-state index in [0.29, 0.717) is 28.4 Å². The van der Waals surface area contributed by atoms with Crippen molar-refractivity contribution in [1.82, 2.24) is 9.97 Å². The van der Waals surface area contributed by atoms with Crippen molar-refractivity contribution >= 4 is 43.5 Å². The maximum Gasteiger partial charge on any atom is 0.416 e. The summed E-state index contributed by atoms with van der Waals surface area (Å²) in [5.74, 6) is 0. The van der Waals surface area contributed by atoms with Gasteiger partial charge in [-0.15, -0.1) is 53.6 Å². The average molecular weight is 942 g/mol. The Balaban J connectivity index is 0.000000260. The van der Waals surface area contributed by atoms with E-state index in [9.17, 15) is 13.2 Å². The van der Waals surface area contributed by atoms with E-state index < -0.39 is 37.9 Å². The first kappa shape index (κ1) is 29.6. The van der Waals surface area contributed by atoms with E-state index in [1.807, 2.05) is 66.9 Å². The van der Waals surface area contributed by atoms with E-state index in [0.717, 1.165) is 61.9 Å². The van der Waals surface area contributed by atoms with Crippen molar-refractivity contribution in [2.45, 2.75) is 52.9 Å². The monoisotopic (exact) mass is 942 g/mol. The van der Waals surface area contributed by atoms with Gasteiger partial charge in [-0.25, -0.2) is 0 Å². The predicted molar refractivity (Wildman–Crippen MR) is 223 cm³/mol. The zero-order valence-electron chi connectivity index (χ0n) is 39.9. The third kappa shape index (κ3) is 7.87. The van der Waals surface area contributed by atoms with Gasteiger partial charge in [-0.3, -0.25) is 0 Å². The van der Waals surface area contributed by atoms with Crippen LogP contribution in [-0.2, 0) is 31.7 Å². The summed E-state index contributed by atoms with van der Waals surface area (Å²) in [6, 6.07) is 38.3. The van der Waals surface area contributed by atoms with Crippen LogP contribution in [-0.4, -0.2) is 9.97 Å². The molecule has 0 fully saturated rings. The minimum Gasteiger partial charge on any atom is -0.501 e. The minimum absolute atomic E-state index is 0. The number of fused-ring (bicyclic) bond motifs is 6. The van der Waals surface area contributed by atoms with Crippen LogP contribution in [0.1, 0.15) is 60.9 Å². The number of pyridine rings is 2. The first-order chi connectivity index (χ1) is 30.4. The van der Waals surface area contributed by atoms with Crippen LogP contribution in [0.2, 0.25) is 0 Å². The molecule has 3 nitrogen and oxygen atoms in total. The van der Waals surface area contributed by atoms with Crippen molar-refractivity contribution in [1.29, 1.82) is 0 Å². The molecular weight excluding hydrogens is 894 g/mol. The molecule has 0 aliphatic heterocycles. The molecule has 0 aliphatic carbocycles. The fourth-order valence-electron chi connectivity index (χ4n) is 6.78. The van der Waals surface area contributed by atoms with Crippen molar-refractivity contribution in [3.63, 3.8) is 0 Å². The molecule has 0 N–H and O–H groups in total. The van der Waals surface area contributed by atoms with Gasteiger partial charge in [0.15, 0.2) is 0 Å². The number of rotatable bonds is 3. The van der Waals surface area contributed by atoms with Crippen LogP contribution in [0.4, 0.5) is 13.2 Å². The van der Waals surface area contributed by atoms with E-state index in [1.165, 1.54) is 17.7 Å². The van der Waals surface area contributed by atoms with Gasteiger partial charge in [-0.2, -0.15) is 13.2 Å². The predicted octanol–water partition coefficient (Wildman–Crippen LogP) is 14.2. The van der Waals surface area contributed by atoms with Gasteiger partial charge in [0.2, 0.25) is 0 Å². The largest absolute Gasteiger partial charge is 0.501 e. The number of aryl methyl sites for hydroxylation is 3. The van der Waals surface area contributed by atoms with Gasteiger partial charge < -0.3 is 14.4 Å². The summed E-state index contributed by atoms with van der Waals surface area (Å²) < 4.78 is 117. The molecule has 0 unspecified atom stereocenters. The zero-order valence-corrected chi connectivity index (χ0v) is 33.3. The summed E-state index contributed by atoms with van der Waals surface area (Å²) in [6.07, 6.45) is -1.83. The molecule has 287 valence electrons. The summed E-state index contributed by atoms with van der Waals surface area (Å²) in [4.78, 5) is 8.83. The number of hydrogen-bond donors (Lipinski definition) is 0. The van der Waals surface area contributed by atoms with Crippen LogP contribution in [0, 0.1) is 32.7 Å². The third-order valence-electron chi connectivity index (χ3n) is 9.81. The van der Waals surface area contributed by atoms with Crippen molar-refractivity contribution in [3.8, 4) is 33.6 Å². The summed E-state index contributed by atoms with van der Waals surface area (Å²) in [7, 11) is 0. The van der Waals surface area contributed by atoms with Gasteiger partial charge in [-0.1, -0.05) is 99.2 Å². The van der Waals surface area contributed by atoms with Gasteiger partial charge in [0.25, 0.3) is 0 Å². The molecule has 3 aromatic heterocycles. The number of hydrogen-bond acceptors (Lipinski definition) is 3. The SMILES string of the molecule is [2H]C([2H])([2H])c1c[c-]c(-c2ccc(C(C)(C)C)cn2)cc1.[2H]C([2H])([2H])c1cnc(-c2[c-]ccc3c2oc2cc4c(ccc5ccccc54)cc23)cc1-c1ccc(C(F)(F)F)cc1C([2H])([2H])[2H].[Ir]. The Hall–Kier alpha value is -5.62. The number of furan rings is 1. The van der Waals surface area contributed by atoms with E-state index in [1.54, 1.807) is 18.2 Å². The van der Waals surface area contributed by atoms with Crippen LogP contribution in [0.25, 0.3) is 77.1 Å². The maximum atomic E-state index is 13.6. The molecule has 3 heterocycles. The van der Waals surface area contributed by atoms with Crippen molar-refractivity contribution < 1.29 is 50.0 Å². The Kier molecular flexibility index (Phi) is 7.98. The summed E-state index contributed by atoms with van der Waals surface area (Å²) in [5, 5.41) is 5.77. The van der Waals surface area contributed by atoms with E-state index >= 15 is 0 Å². The average Bonchev–Trinajstić information content (AvgIpc) is 3.61. The zero-order chi connectivity index (χ0) is 46.9. The third-order valence-corrected chi connectivity index (χ3v) is 9.81. The van der Waals surface area contributed by atoms with Gasteiger partial charge in [0.1, 0.15) is 5.58 Å². The molecule has 0 bridgehead atoms. The van der Waals surface area contributed by atoms with Gasteiger partial charge in [0.05, 0.1) is 11.1 Å². The molecule has 57 heavy (non-hydrogen) atoms. The minimum atomic E-state index is -4.79. The van der Waals surface area contributed by atoms with Crippen LogP contribution >= 0.6 is 0 Å². The molecule has 0 amide bonds. The maximum absolute atomic E-state index is 13.6.